The molecule has 2 nitrogen and oxygen atoms in total. The van der Waals surface area contributed by atoms with Crippen molar-refractivity contribution in [1.29, 1.82) is 0 Å². The van der Waals surface area contributed by atoms with E-state index >= 15 is 0 Å². The van der Waals surface area contributed by atoms with Crippen LogP contribution in [0.2, 0.25) is 0 Å². The van der Waals surface area contributed by atoms with Crippen LogP contribution in [0.25, 0.3) is 0 Å². The molecule has 0 aliphatic heterocycles. The molecule has 0 saturated carbocycles. The zero-order chi connectivity index (χ0) is 2.71. The summed E-state index contributed by atoms with van der Waals surface area (Å²) in [5.41, 5.74) is 0. The molecule has 0 heterocycles. The number of hydrogen-bond donors (Lipinski definition) is 0. The smallest absolute Gasteiger partial charge is 0.274 e. The van der Waals surface area contributed by atoms with Gasteiger partial charge in [-0.15, -0.1) is 0 Å². The van der Waals surface area contributed by atoms with Crippen LogP contribution in [0.1, 0.15) is 7.43 Å². The van der Waals surface area contributed by atoms with E-state index in [0.717, 1.165) is 0 Å². The minimum absolute atomic E-state index is 0. The molecule has 0 aromatic heterocycles. The molecule has 25 valence electrons. The van der Waals surface area contributed by atoms with Gasteiger partial charge >= 0.3 is 9.29 Å². The van der Waals surface area contributed by atoms with Gasteiger partial charge in [-0.3, -0.25) is 8.92 Å². The Labute approximate surface area is 45.1 Å². The Bertz CT molecular complexity index is 30.6. The Morgan fingerprint density at radius 3 is 1.20 bits per heavy atom. The molecule has 0 bridgehead atoms. The first kappa shape index (κ1) is 18.1. The van der Waals surface area contributed by atoms with Gasteiger partial charge in [0, 0.05) is 18.9 Å². The summed E-state index contributed by atoms with van der Waals surface area (Å²) >= 11 is 0. The maximum atomic E-state index is 8.40. The predicted molar refractivity (Wildman–Crippen MR) is 19.6 cm³/mol. The summed E-state index contributed by atoms with van der Waals surface area (Å²) in [5, 5.41) is 0. The maximum absolute atomic E-state index is 8.40. The molecule has 0 aromatic carbocycles. The second-order valence-electron chi connectivity index (χ2n) is 0.0833. The largest absolute Gasteiger partial charge is 0.549 e. The predicted octanol–water partition coefficient (Wildman–Crippen LogP) is -0.363. The van der Waals surface area contributed by atoms with Gasteiger partial charge in [-0.1, -0.05) is 7.43 Å². The topological polar surface area (TPSA) is 34.1 Å². The van der Waals surface area contributed by atoms with Crippen molar-refractivity contribution in [2.45, 2.75) is 7.43 Å². The van der Waals surface area contributed by atoms with Crippen molar-refractivity contribution in [3.05, 3.63) is 0 Å². The Balaban J connectivity index is -0.0000000200. The molecule has 0 atom stereocenters. The van der Waals surface area contributed by atoms with Crippen LogP contribution >= 0.6 is 0 Å². The van der Waals surface area contributed by atoms with E-state index in [4.69, 9.17) is 8.92 Å². The first-order valence-corrected chi connectivity index (χ1v) is 1.22. The van der Waals surface area contributed by atoms with Crippen LogP contribution < -0.4 is 0 Å². The van der Waals surface area contributed by atoms with E-state index in [1.165, 1.54) is 0 Å². The van der Waals surface area contributed by atoms with Crippen molar-refractivity contribution in [3.8, 4) is 0 Å². The van der Waals surface area contributed by atoms with E-state index in [2.05, 4.69) is 0 Å². The Hall–Kier alpha value is 0.414. The maximum Gasteiger partial charge on any atom is 0.549 e. The molecule has 0 unspecified atom stereocenters. The van der Waals surface area contributed by atoms with Crippen molar-refractivity contribution in [2.24, 2.45) is 0 Å². The summed E-state index contributed by atoms with van der Waals surface area (Å²) in [5.74, 6) is 0. The van der Waals surface area contributed by atoms with E-state index in [-0.39, 0.29) is 26.3 Å². The van der Waals surface area contributed by atoms with Crippen LogP contribution in [0.5, 0.6) is 0 Å². The fraction of sp³-hybridized carbons (Fsp3) is 1.00. The van der Waals surface area contributed by atoms with Gasteiger partial charge in [0.2, 0.25) is 0 Å². The first-order valence-electron chi connectivity index (χ1n) is 0.408. The summed E-state index contributed by atoms with van der Waals surface area (Å²) in [4.78, 5) is 0. The Morgan fingerprint density at radius 2 is 1.20 bits per heavy atom. The van der Waals surface area contributed by atoms with Crippen LogP contribution in [-0.2, 0) is 8.92 Å². The van der Waals surface area contributed by atoms with Crippen LogP contribution in [0.3, 0.4) is 0 Å². The number of hydrogen-bond acceptors (Lipinski definition) is 2. The molecular weight excluding hydrogens is 79.0 g/mol. The third-order valence-electron chi connectivity index (χ3n) is 0. The van der Waals surface area contributed by atoms with Gasteiger partial charge in [-0.2, -0.15) is 0 Å². The van der Waals surface area contributed by atoms with Crippen LogP contribution in [-0.4, -0.2) is 28.2 Å². The molecule has 0 saturated heterocycles. The minimum atomic E-state index is -1.42. The minimum Gasteiger partial charge on any atom is -0.274 e. The average Bonchev–Trinajstić information content (AvgIpc) is 0.918. The van der Waals surface area contributed by atoms with Gasteiger partial charge in [0.25, 0.3) is 0 Å². The zero-order valence-corrected chi connectivity index (χ0v) is 3.32. The van der Waals surface area contributed by atoms with Crippen molar-refractivity contribution in [1.82, 2.24) is 0 Å². The van der Waals surface area contributed by atoms with Crippen molar-refractivity contribution in [2.75, 3.05) is 0 Å². The molecule has 0 aromatic rings. The molecule has 0 aliphatic carbocycles. The fourth-order valence-electron chi connectivity index (χ4n) is 0. The zero-order valence-electron chi connectivity index (χ0n) is 2.32. The van der Waals surface area contributed by atoms with Crippen molar-refractivity contribution < 1.29 is 8.92 Å². The van der Waals surface area contributed by atoms with E-state index < -0.39 is 9.29 Å². The van der Waals surface area contributed by atoms with Crippen LogP contribution in [0.4, 0.5) is 0 Å². The van der Waals surface area contributed by atoms with Gasteiger partial charge in [-0.25, -0.2) is 0 Å². The second-order valence-corrected chi connectivity index (χ2v) is 0.250. The van der Waals surface area contributed by atoms with Gasteiger partial charge < -0.3 is 0 Å². The molecule has 0 N–H and O–H groups in total. The first-order chi connectivity index (χ1) is 1.41. The quantitative estimate of drug-likeness (QED) is 0.375. The third kappa shape index (κ3) is 150. The molecule has 0 amide bonds. The molecule has 1 radical (unpaired) electrons. The molecule has 0 aliphatic rings. The Kier molecular flexibility index (Phi) is 93.1. The molecule has 4 heteroatoms. The Morgan fingerprint density at radius 1 is 1.20 bits per heavy atom. The SMILES string of the molecule is C.O=[Si]=O.[Li]. The van der Waals surface area contributed by atoms with Gasteiger partial charge in [-0.05, 0) is 0 Å². The van der Waals surface area contributed by atoms with Gasteiger partial charge in [0.15, 0.2) is 0 Å². The standard InChI is InChI=1S/CH4.Li.O2Si/c;;1-3-2/h1H4;;. The monoisotopic (exact) mass is 83.0 g/mol. The summed E-state index contributed by atoms with van der Waals surface area (Å²) in [7, 11) is -1.42. The second kappa shape index (κ2) is 25.7. The van der Waals surface area contributed by atoms with E-state index in [1.807, 2.05) is 0 Å². The van der Waals surface area contributed by atoms with E-state index in [9.17, 15) is 0 Å². The molecule has 5 heavy (non-hydrogen) atoms. The normalized spacial score (nSPS) is 1.60. The van der Waals surface area contributed by atoms with E-state index in [0.29, 0.717) is 0 Å². The molecular formula is CH4LiO2Si. The van der Waals surface area contributed by atoms with Crippen molar-refractivity contribution in [3.63, 3.8) is 0 Å². The summed E-state index contributed by atoms with van der Waals surface area (Å²) in [6, 6.07) is 0. The fourth-order valence-corrected chi connectivity index (χ4v) is 0. The molecule has 0 fully saturated rings. The summed E-state index contributed by atoms with van der Waals surface area (Å²) in [6.07, 6.45) is 0. The molecule has 0 spiro atoms. The summed E-state index contributed by atoms with van der Waals surface area (Å²) < 4.78 is 16.8. The van der Waals surface area contributed by atoms with Gasteiger partial charge in [0.1, 0.15) is 0 Å². The molecule has 0 rings (SSSR count). The van der Waals surface area contributed by atoms with Gasteiger partial charge in [0.05, 0.1) is 0 Å². The van der Waals surface area contributed by atoms with E-state index in [1.54, 1.807) is 0 Å². The summed E-state index contributed by atoms with van der Waals surface area (Å²) in [6.45, 7) is 0. The van der Waals surface area contributed by atoms with Crippen LogP contribution in [0, 0.1) is 0 Å². The average molecular weight is 83.1 g/mol. The third-order valence-corrected chi connectivity index (χ3v) is 0. The van der Waals surface area contributed by atoms with Crippen molar-refractivity contribution >= 4 is 28.2 Å². The van der Waals surface area contributed by atoms with Crippen LogP contribution in [0.15, 0.2) is 0 Å². The number of rotatable bonds is 0.